The summed E-state index contributed by atoms with van der Waals surface area (Å²) in [6, 6.07) is 14.8. The summed E-state index contributed by atoms with van der Waals surface area (Å²) in [7, 11) is -4.94. The van der Waals surface area contributed by atoms with Crippen LogP contribution in [-0.4, -0.2) is 16.7 Å². The van der Waals surface area contributed by atoms with E-state index in [1.165, 1.54) is 11.1 Å². The van der Waals surface area contributed by atoms with Crippen LogP contribution in [0.15, 0.2) is 42.5 Å². The minimum Gasteiger partial charge on any atom is -0.330 e. The van der Waals surface area contributed by atoms with E-state index in [2.05, 4.69) is 65.0 Å². The molecule has 0 aliphatic rings. The quantitative estimate of drug-likeness (QED) is 0.476. The Bertz CT molecular complexity index is 871. The second-order valence-corrected chi connectivity index (χ2v) is 7.77. The number of halogens is 1. The summed E-state index contributed by atoms with van der Waals surface area (Å²) in [6.07, 6.45) is 1.85. The van der Waals surface area contributed by atoms with Gasteiger partial charge in [0.2, 0.25) is 0 Å². The van der Waals surface area contributed by atoms with Gasteiger partial charge in [0.15, 0.2) is 0 Å². The van der Waals surface area contributed by atoms with Crippen LogP contribution in [-0.2, 0) is 6.42 Å². The highest BCUT2D eigenvalue weighted by Gasteiger charge is 2.20. The van der Waals surface area contributed by atoms with Crippen LogP contribution in [0.1, 0.15) is 22.8 Å². The zero-order chi connectivity index (χ0) is 20.7. The molecule has 0 saturated carbocycles. The molecule has 0 aliphatic heterocycles. The highest BCUT2D eigenvalue weighted by molar-refractivity contribution is 7.13. The van der Waals surface area contributed by atoms with Crippen molar-refractivity contribution < 1.29 is 33.4 Å². The molecule has 2 N–H and O–H groups in total. The van der Waals surface area contributed by atoms with Gasteiger partial charge in [0.25, 0.3) is 0 Å². The van der Waals surface area contributed by atoms with Gasteiger partial charge in [-0.1, -0.05) is 30.3 Å². The van der Waals surface area contributed by atoms with Crippen LogP contribution in [0, 0.1) is 24.1 Å². The van der Waals surface area contributed by atoms with Gasteiger partial charge in [0.1, 0.15) is 16.4 Å². The normalized spacial score (nSPS) is 11.1. The first kappa shape index (κ1) is 22.3. The molecule has 150 valence electrons. The first-order valence-corrected chi connectivity index (χ1v) is 10.5. The highest BCUT2D eigenvalue weighted by Crippen LogP contribution is 2.21. The van der Waals surface area contributed by atoms with E-state index in [1.807, 2.05) is 6.07 Å². The lowest BCUT2D eigenvalue weighted by Gasteiger charge is -2.17. The van der Waals surface area contributed by atoms with E-state index in [9.17, 15) is 0 Å². The summed E-state index contributed by atoms with van der Waals surface area (Å²) < 4.78 is 36.1. The zero-order valence-electron chi connectivity index (χ0n) is 15.5. The molecule has 3 rings (SSSR count). The van der Waals surface area contributed by atoms with E-state index in [0.717, 1.165) is 34.4 Å². The van der Waals surface area contributed by atoms with Gasteiger partial charge in [-0.3, -0.25) is 0 Å². The smallest absolute Gasteiger partial charge is 0.330 e. The number of rotatable bonds is 5. The summed E-state index contributed by atoms with van der Waals surface area (Å²) >= 11 is 1.64. The van der Waals surface area contributed by atoms with Crippen molar-refractivity contribution in [1.29, 1.82) is 0 Å². The minimum absolute atomic E-state index is 0.686. The summed E-state index contributed by atoms with van der Waals surface area (Å²) in [5.74, 6) is 0. The van der Waals surface area contributed by atoms with Crippen molar-refractivity contribution in [2.75, 3.05) is 6.54 Å². The molecule has 0 saturated heterocycles. The van der Waals surface area contributed by atoms with Gasteiger partial charge in [-0.2, -0.15) is 4.57 Å². The lowest BCUT2D eigenvalue weighted by molar-refractivity contribution is -2.00. The van der Waals surface area contributed by atoms with Crippen LogP contribution >= 0.6 is 11.3 Å². The Balaban J connectivity index is 0.000000500. The monoisotopic (exact) mass is 424 g/mol. The maximum absolute atomic E-state index is 8.49. The van der Waals surface area contributed by atoms with Gasteiger partial charge < -0.3 is 5.73 Å². The van der Waals surface area contributed by atoms with Crippen molar-refractivity contribution in [2.24, 2.45) is 5.73 Å². The summed E-state index contributed by atoms with van der Waals surface area (Å²) in [5.41, 5.74) is 10.3. The standard InChI is InChI=1S/C18H21N4S.ClHO4/c1-13-11-16(15-7-4-3-5-8-15)12-14(2)22(13)18-21-20-17(23-18)9-6-10-19;2-1(3,4)5/h3-5,7-8,11-12H,6,9-10,19H2,1-2H3;(H,2,3,4,5)/q+1;/p-1. The molecule has 8 nitrogen and oxygen atoms in total. The Morgan fingerprint density at radius 3 is 2.07 bits per heavy atom. The molecule has 0 spiro atoms. The fourth-order valence-electron chi connectivity index (χ4n) is 2.69. The predicted molar refractivity (Wildman–Crippen MR) is 93.7 cm³/mol. The lowest BCUT2D eigenvalue weighted by Crippen LogP contribution is -2.68. The Morgan fingerprint density at radius 2 is 1.54 bits per heavy atom. The molecule has 0 amide bonds. The number of benzene rings is 1. The third-order valence-corrected chi connectivity index (χ3v) is 4.75. The molecular weight excluding hydrogens is 404 g/mol. The molecule has 10 heteroatoms. The third-order valence-electron chi connectivity index (χ3n) is 3.78. The topological polar surface area (TPSA) is 148 Å². The van der Waals surface area contributed by atoms with Crippen molar-refractivity contribution in [1.82, 2.24) is 10.2 Å². The van der Waals surface area contributed by atoms with Gasteiger partial charge in [0.05, 0.1) is 5.10 Å². The van der Waals surface area contributed by atoms with Crippen LogP contribution in [0.25, 0.3) is 16.3 Å². The summed E-state index contributed by atoms with van der Waals surface area (Å²) in [4.78, 5) is 0. The van der Waals surface area contributed by atoms with Gasteiger partial charge in [0, 0.05) is 6.42 Å². The molecular formula is C18H21ClN4O4S. The first-order chi connectivity index (χ1) is 13.2. The molecule has 0 aliphatic carbocycles. The van der Waals surface area contributed by atoms with Gasteiger partial charge in [-0.15, -0.1) is 10.2 Å². The van der Waals surface area contributed by atoms with E-state index in [4.69, 9.17) is 24.4 Å². The molecule has 0 bridgehead atoms. The fraction of sp³-hybridized carbons (Fsp3) is 0.278. The summed E-state index contributed by atoms with van der Waals surface area (Å²) in [5, 5.41) is 10.6. The molecule has 1 aromatic carbocycles. The number of aryl methyl sites for hydroxylation is 3. The third kappa shape index (κ3) is 6.88. The Hall–Kier alpha value is -1.98. The number of nitrogens with two attached hydrogens (primary N) is 1. The van der Waals surface area contributed by atoms with Gasteiger partial charge in [-0.05, 0) is 66.5 Å². The van der Waals surface area contributed by atoms with E-state index in [-0.39, 0.29) is 0 Å². The molecule has 0 unspecified atom stereocenters. The fourth-order valence-corrected chi connectivity index (χ4v) is 3.69. The van der Waals surface area contributed by atoms with Crippen LogP contribution in [0.2, 0.25) is 0 Å². The van der Waals surface area contributed by atoms with Crippen molar-refractivity contribution in [2.45, 2.75) is 26.7 Å². The molecule has 2 heterocycles. The van der Waals surface area contributed by atoms with E-state index < -0.39 is 10.2 Å². The average molecular weight is 425 g/mol. The van der Waals surface area contributed by atoms with Crippen molar-refractivity contribution >= 4 is 11.3 Å². The largest absolute Gasteiger partial charge is 0.415 e. The maximum Gasteiger partial charge on any atom is 0.415 e. The van der Waals surface area contributed by atoms with Crippen LogP contribution in [0.5, 0.6) is 0 Å². The minimum atomic E-state index is -4.94. The van der Waals surface area contributed by atoms with Crippen LogP contribution < -0.4 is 28.9 Å². The Labute approximate surface area is 169 Å². The Morgan fingerprint density at radius 1 is 0.964 bits per heavy atom. The van der Waals surface area contributed by atoms with E-state index in [0.29, 0.717) is 6.54 Å². The van der Waals surface area contributed by atoms with Gasteiger partial charge in [-0.25, -0.2) is 18.6 Å². The second-order valence-electron chi connectivity index (χ2n) is 5.98. The molecule has 2 aromatic heterocycles. The maximum atomic E-state index is 8.49. The van der Waals surface area contributed by atoms with E-state index >= 15 is 0 Å². The number of pyridine rings is 1. The predicted octanol–water partition coefficient (Wildman–Crippen LogP) is -1.77. The summed E-state index contributed by atoms with van der Waals surface area (Å²) in [6.45, 7) is 4.91. The van der Waals surface area contributed by atoms with Crippen molar-refractivity contribution in [3.63, 3.8) is 0 Å². The van der Waals surface area contributed by atoms with Crippen LogP contribution in [0.4, 0.5) is 0 Å². The molecule has 0 fully saturated rings. The number of hydrogen-bond donors (Lipinski definition) is 1. The number of aromatic nitrogens is 3. The SMILES string of the molecule is Cc1cc(-c2ccccc2)cc(C)[n+]1-c1nnc(CCCN)s1.[O-][Cl+3]([O-])([O-])[O-]. The molecule has 3 aromatic rings. The molecule has 28 heavy (non-hydrogen) atoms. The van der Waals surface area contributed by atoms with Crippen molar-refractivity contribution in [3.05, 3.63) is 58.9 Å². The van der Waals surface area contributed by atoms with Gasteiger partial charge >= 0.3 is 5.13 Å². The highest BCUT2D eigenvalue weighted by atomic mass is 35.7. The number of hydrogen-bond acceptors (Lipinski definition) is 8. The first-order valence-electron chi connectivity index (χ1n) is 8.42. The lowest BCUT2D eigenvalue weighted by atomic mass is 10.0. The molecule has 0 atom stereocenters. The van der Waals surface area contributed by atoms with Crippen LogP contribution in [0.3, 0.4) is 0 Å². The average Bonchev–Trinajstić information content (AvgIpc) is 3.07. The van der Waals surface area contributed by atoms with Crippen molar-refractivity contribution in [3.8, 4) is 16.3 Å². The second kappa shape index (κ2) is 9.99. The zero-order valence-corrected chi connectivity index (χ0v) is 17.1. The molecule has 0 radical (unpaired) electrons. The van der Waals surface area contributed by atoms with E-state index in [1.54, 1.807) is 11.3 Å². The Kier molecular flexibility index (Phi) is 7.96. The number of nitrogens with zero attached hydrogens (tertiary/aromatic N) is 3.